The average Bonchev–Trinajstić information content (AvgIpc) is 2.09. The molecule has 0 aromatic carbocycles. The summed E-state index contributed by atoms with van der Waals surface area (Å²) in [5.74, 6) is 0. The lowest BCUT2D eigenvalue weighted by Crippen LogP contribution is -2.05. The van der Waals surface area contributed by atoms with Gasteiger partial charge in [0.15, 0.2) is 0 Å². The highest BCUT2D eigenvalue weighted by Gasteiger charge is 2.15. The quantitative estimate of drug-likeness (QED) is 0.852. The van der Waals surface area contributed by atoms with Crippen LogP contribution in [-0.2, 0) is 6.54 Å². The smallest absolute Gasteiger partial charge is 0.280 e. The van der Waals surface area contributed by atoms with E-state index < -0.39 is 6.43 Å². The highest BCUT2D eigenvalue weighted by Crippen LogP contribution is 2.25. The molecule has 0 aliphatic heterocycles. The molecule has 0 unspecified atom stereocenters. The zero-order chi connectivity index (χ0) is 10.0. The van der Waals surface area contributed by atoms with Crippen LogP contribution < -0.4 is 5.73 Å². The first-order valence-corrected chi connectivity index (χ1v) is 4.78. The fourth-order valence-corrected chi connectivity index (χ4v) is 1.65. The van der Waals surface area contributed by atoms with Gasteiger partial charge in [-0.2, -0.15) is 0 Å². The molecule has 0 bridgehead atoms. The van der Waals surface area contributed by atoms with Gasteiger partial charge in [0.2, 0.25) is 0 Å². The summed E-state index contributed by atoms with van der Waals surface area (Å²) in [6, 6.07) is 0. The average molecular weight is 298 g/mol. The van der Waals surface area contributed by atoms with Gasteiger partial charge in [-0.3, -0.25) is 4.98 Å². The maximum absolute atomic E-state index is 12.3. The van der Waals surface area contributed by atoms with Gasteiger partial charge < -0.3 is 5.73 Å². The van der Waals surface area contributed by atoms with Crippen LogP contribution in [0, 0.1) is 10.5 Å². The number of nitrogens with zero attached hydrogens (tertiary/aromatic N) is 1. The van der Waals surface area contributed by atoms with Crippen LogP contribution in [0.5, 0.6) is 0 Å². The summed E-state index contributed by atoms with van der Waals surface area (Å²) >= 11 is 2.01. The second kappa shape index (κ2) is 4.28. The molecular weight excluding hydrogens is 289 g/mol. The molecule has 0 spiro atoms. The van der Waals surface area contributed by atoms with Crippen LogP contribution in [0.3, 0.4) is 0 Å². The van der Waals surface area contributed by atoms with Crippen molar-refractivity contribution in [3.05, 3.63) is 26.6 Å². The second-order valence-electron chi connectivity index (χ2n) is 2.61. The van der Waals surface area contributed by atoms with Crippen molar-refractivity contribution < 1.29 is 8.78 Å². The molecule has 2 N–H and O–H groups in total. The molecule has 72 valence electrons. The molecule has 1 aromatic rings. The number of halogens is 3. The van der Waals surface area contributed by atoms with E-state index in [-0.39, 0.29) is 5.69 Å². The minimum absolute atomic E-state index is 0.151. The molecule has 13 heavy (non-hydrogen) atoms. The van der Waals surface area contributed by atoms with Crippen LogP contribution >= 0.6 is 22.6 Å². The third-order valence-electron chi connectivity index (χ3n) is 1.78. The summed E-state index contributed by atoms with van der Waals surface area (Å²) in [6.07, 6.45) is -1.10. The van der Waals surface area contributed by atoms with E-state index in [0.29, 0.717) is 12.1 Å². The summed E-state index contributed by atoms with van der Waals surface area (Å²) in [6.45, 7) is 1.96. The monoisotopic (exact) mass is 298 g/mol. The van der Waals surface area contributed by atoms with E-state index in [1.165, 1.54) is 6.20 Å². The Labute approximate surface area is 88.7 Å². The number of pyridine rings is 1. The number of rotatable bonds is 2. The predicted molar refractivity (Wildman–Crippen MR) is 54.5 cm³/mol. The molecular formula is C8H9F2IN2. The van der Waals surface area contributed by atoms with Gasteiger partial charge in [0.05, 0.1) is 0 Å². The lowest BCUT2D eigenvalue weighted by atomic mass is 10.1. The molecule has 5 heteroatoms. The Balaban J connectivity index is 3.23. The first-order valence-electron chi connectivity index (χ1n) is 3.70. The van der Waals surface area contributed by atoms with Crippen molar-refractivity contribution in [3.63, 3.8) is 0 Å². The minimum Gasteiger partial charge on any atom is -0.326 e. The van der Waals surface area contributed by atoms with Crippen LogP contribution in [0.15, 0.2) is 6.20 Å². The molecule has 0 atom stereocenters. The molecule has 2 nitrogen and oxygen atoms in total. The maximum atomic E-state index is 12.3. The first-order chi connectivity index (χ1) is 6.07. The van der Waals surface area contributed by atoms with E-state index in [9.17, 15) is 8.78 Å². The van der Waals surface area contributed by atoms with Crippen molar-refractivity contribution in [1.82, 2.24) is 4.98 Å². The van der Waals surface area contributed by atoms with Gasteiger partial charge in [0.1, 0.15) is 5.69 Å². The number of nitrogens with two attached hydrogens (primary N) is 1. The van der Waals surface area contributed by atoms with Crippen LogP contribution in [-0.4, -0.2) is 4.98 Å². The van der Waals surface area contributed by atoms with Gasteiger partial charge in [0, 0.05) is 16.3 Å². The largest absolute Gasteiger partial charge is 0.326 e. The van der Waals surface area contributed by atoms with Gasteiger partial charge in [-0.05, 0) is 40.6 Å². The Hall–Kier alpha value is -0.300. The molecule has 0 saturated carbocycles. The molecule has 1 heterocycles. The van der Waals surface area contributed by atoms with E-state index in [2.05, 4.69) is 4.98 Å². The summed E-state index contributed by atoms with van der Waals surface area (Å²) in [5.41, 5.74) is 6.60. The Morgan fingerprint density at radius 2 is 2.23 bits per heavy atom. The Morgan fingerprint density at radius 3 is 2.69 bits per heavy atom. The Kier molecular flexibility index (Phi) is 3.55. The van der Waals surface area contributed by atoms with E-state index >= 15 is 0 Å². The van der Waals surface area contributed by atoms with Crippen molar-refractivity contribution in [3.8, 4) is 0 Å². The van der Waals surface area contributed by atoms with Crippen LogP contribution in [0.1, 0.15) is 23.2 Å². The van der Waals surface area contributed by atoms with Crippen molar-refractivity contribution in [2.75, 3.05) is 0 Å². The zero-order valence-corrected chi connectivity index (χ0v) is 9.18. The van der Waals surface area contributed by atoms with E-state index in [0.717, 1.165) is 9.13 Å². The molecule has 1 aromatic heterocycles. The van der Waals surface area contributed by atoms with Gasteiger partial charge >= 0.3 is 0 Å². The van der Waals surface area contributed by atoms with Crippen LogP contribution in [0.25, 0.3) is 0 Å². The zero-order valence-electron chi connectivity index (χ0n) is 7.02. The summed E-state index contributed by atoms with van der Waals surface area (Å²) < 4.78 is 25.5. The topological polar surface area (TPSA) is 38.9 Å². The summed E-state index contributed by atoms with van der Waals surface area (Å²) in [7, 11) is 0. The lowest BCUT2D eigenvalue weighted by Gasteiger charge is -2.08. The minimum atomic E-state index is -2.51. The molecule has 0 saturated heterocycles. The maximum Gasteiger partial charge on any atom is 0.280 e. The number of hydrogen-bond acceptors (Lipinski definition) is 2. The second-order valence-corrected chi connectivity index (χ2v) is 3.69. The van der Waals surface area contributed by atoms with Gasteiger partial charge in [-0.25, -0.2) is 8.78 Å². The summed E-state index contributed by atoms with van der Waals surface area (Å²) in [5, 5.41) is 0. The predicted octanol–water partition coefficient (Wildman–Crippen LogP) is 2.39. The number of alkyl halides is 2. The third kappa shape index (κ3) is 2.14. The fourth-order valence-electron chi connectivity index (χ4n) is 1.02. The molecule has 0 radical (unpaired) electrons. The van der Waals surface area contributed by atoms with Crippen molar-refractivity contribution >= 4 is 22.6 Å². The molecule has 0 aliphatic rings. The van der Waals surface area contributed by atoms with E-state index in [4.69, 9.17) is 5.73 Å². The van der Waals surface area contributed by atoms with Crippen molar-refractivity contribution in [2.24, 2.45) is 5.73 Å². The van der Waals surface area contributed by atoms with E-state index in [1.54, 1.807) is 6.92 Å². The van der Waals surface area contributed by atoms with Gasteiger partial charge in [-0.1, -0.05) is 0 Å². The third-order valence-corrected chi connectivity index (χ3v) is 3.28. The fraction of sp³-hybridized carbons (Fsp3) is 0.375. The van der Waals surface area contributed by atoms with Crippen molar-refractivity contribution in [1.29, 1.82) is 0 Å². The van der Waals surface area contributed by atoms with Crippen LogP contribution in [0.4, 0.5) is 8.78 Å². The Bertz CT molecular complexity index is 315. The normalized spacial score (nSPS) is 10.9. The molecule has 1 rings (SSSR count). The molecule has 0 amide bonds. The Morgan fingerprint density at radius 1 is 1.62 bits per heavy atom. The van der Waals surface area contributed by atoms with Gasteiger partial charge in [0.25, 0.3) is 6.43 Å². The molecule has 0 fully saturated rings. The van der Waals surface area contributed by atoms with E-state index in [1.807, 2.05) is 22.6 Å². The summed E-state index contributed by atoms with van der Waals surface area (Å²) in [4.78, 5) is 3.67. The SMILES string of the molecule is Cc1c(C(F)F)ncc(CN)c1I. The standard InChI is InChI=1S/C8H9F2IN2/c1-4-6(11)5(2-12)3-13-7(4)8(9)10/h3,8H,2,12H2,1H3. The number of hydrogen-bond donors (Lipinski definition) is 1. The highest BCUT2D eigenvalue weighted by atomic mass is 127. The molecule has 0 aliphatic carbocycles. The lowest BCUT2D eigenvalue weighted by molar-refractivity contribution is 0.145. The van der Waals surface area contributed by atoms with Crippen LogP contribution in [0.2, 0.25) is 0 Å². The van der Waals surface area contributed by atoms with Crippen molar-refractivity contribution in [2.45, 2.75) is 19.9 Å². The first kappa shape index (κ1) is 10.8. The number of aromatic nitrogens is 1. The highest BCUT2D eigenvalue weighted by molar-refractivity contribution is 14.1. The van der Waals surface area contributed by atoms with Gasteiger partial charge in [-0.15, -0.1) is 0 Å².